The van der Waals surface area contributed by atoms with Crippen molar-refractivity contribution in [3.8, 4) is 0 Å². The quantitative estimate of drug-likeness (QED) is 0.804. The number of hydrogen-bond donors (Lipinski definition) is 0. The second-order valence-electron chi connectivity index (χ2n) is 7.72. The van der Waals surface area contributed by atoms with Gasteiger partial charge in [-0.05, 0) is 25.0 Å². The lowest BCUT2D eigenvalue weighted by Crippen LogP contribution is -2.31. The Morgan fingerprint density at radius 2 is 2.04 bits per heavy atom. The first kappa shape index (κ1) is 17.5. The molecule has 2 aromatic rings. The molecule has 140 valence electrons. The van der Waals surface area contributed by atoms with Crippen LogP contribution in [0.2, 0.25) is 0 Å². The van der Waals surface area contributed by atoms with Gasteiger partial charge in [0.25, 0.3) is 0 Å². The van der Waals surface area contributed by atoms with Crippen LogP contribution in [0.3, 0.4) is 0 Å². The lowest BCUT2D eigenvalue weighted by Gasteiger charge is -2.25. The summed E-state index contributed by atoms with van der Waals surface area (Å²) in [5.41, 5.74) is 2.86. The van der Waals surface area contributed by atoms with Gasteiger partial charge in [-0.2, -0.15) is 5.10 Å². The Labute approximate surface area is 153 Å². The van der Waals surface area contributed by atoms with E-state index in [4.69, 9.17) is 0 Å². The van der Waals surface area contributed by atoms with Crippen LogP contribution >= 0.6 is 0 Å². The Morgan fingerprint density at radius 3 is 2.77 bits per heavy atom. The van der Waals surface area contributed by atoms with E-state index in [0.717, 1.165) is 49.0 Å². The first-order chi connectivity index (χ1) is 12.4. The smallest absolute Gasteiger partial charge is 0.149 e. The number of fused-ring (bicyclic) bond motifs is 2. The molecule has 0 saturated heterocycles. The number of rotatable bonds is 5. The van der Waals surface area contributed by atoms with E-state index in [1.807, 2.05) is 12.3 Å². The molecule has 0 N–H and O–H groups in total. The van der Waals surface area contributed by atoms with E-state index in [2.05, 4.69) is 10.00 Å². The molecule has 1 fully saturated rings. The summed E-state index contributed by atoms with van der Waals surface area (Å²) < 4.78 is 38.9. The maximum atomic E-state index is 14.6. The minimum absolute atomic E-state index is 0.0487. The van der Waals surface area contributed by atoms with Gasteiger partial charge in [0, 0.05) is 47.8 Å². The summed E-state index contributed by atoms with van der Waals surface area (Å²) in [5, 5.41) is 4.28. The van der Waals surface area contributed by atoms with Crippen LogP contribution in [0.1, 0.15) is 36.8 Å². The van der Waals surface area contributed by atoms with Gasteiger partial charge in [-0.1, -0.05) is 18.9 Å². The van der Waals surface area contributed by atoms with Crippen LogP contribution in [-0.4, -0.2) is 36.8 Å². The zero-order valence-electron chi connectivity index (χ0n) is 15.0. The van der Waals surface area contributed by atoms with E-state index in [0.29, 0.717) is 13.1 Å². The lowest BCUT2D eigenvalue weighted by atomic mass is 9.80. The van der Waals surface area contributed by atoms with Gasteiger partial charge in [-0.25, -0.2) is 12.8 Å². The monoisotopic (exact) mass is 377 g/mol. The number of sulfone groups is 1. The average Bonchev–Trinajstić information content (AvgIpc) is 3.28. The highest BCUT2D eigenvalue weighted by Crippen LogP contribution is 2.51. The van der Waals surface area contributed by atoms with E-state index in [9.17, 15) is 12.8 Å². The standard InChI is InChI=1S/C19H24FN3O2S/c1-26(24,25)10-9-23-13-15(11-21-23)12-22-14-19(7-2-3-8-19)18-16(20)5-4-6-17(18)22/h4-6,11,13H,2-3,7-10,12,14H2,1H3. The Kier molecular flexibility index (Phi) is 4.29. The van der Waals surface area contributed by atoms with Gasteiger partial charge in [0.05, 0.1) is 18.5 Å². The van der Waals surface area contributed by atoms with E-state index in [-0.39, 0.29) is 17.0 Å². The van der Waals surface area contributed by atoms with Crippen molar-refractivity contribution in [2.75, 3.05) is 23.5 Å². The number of aromatic nitrogens is 2. The molecule has 1 aliphatic carbocycles. The predicted molar refractivity (Wildman–Crippen MR) is 99.5 cm³/mol. The molecule has 1 saturated carbocycles. The van der Waals surface area contributed by atoms with E-state index in [1.165, 1.54) is 6.26 Å². The third kappa shape index (κ3) is 3.24. The third-order valence-corrected chi connectivity index (χ3v) is 6.59. The van der Waals surface area contributed by atoms with Crippen LogP contribution in [0, 0.1) is 5.82 Å². The molecule has 26 heavy (non-hydrogen) atoms. The molecular formula is C19H24FN3O2S. The first-order valence-electron chi connectivity index (χ1n) is 9.09. The van der Waals surface area contributed by atoms with Crippen LogP contribution in [0.15, 0.2) is 30.6 Å². The molecule has 1 spiro atoms. The van der Waals surface area contributed by atoms with E-state index >= 15 is 0 Å². The van der Waals surface area contributed by atoms with Crippen molar-refractivity contribution >= 4 is 15.5 Å². The molecule has 0 unspecified atom stereocenters. The molecule has 1 aliphatic heterocycles. The van der Waals surface area contributed by atoms with Gasteiger partial charge < -0.3 is 4.90 Å². The number of anilines is 1. The van der Waals surface area contributed by atoms with Gasteiger partial charge in [0.1, 0.15) is 15.7 Å². The molecule has 0 atom stereocenters. The molecule has 1 aromatic heterocycles. The van der Waals surface area contributed by atoms with Gasteiger partial charge in [-0.15, -0.1) is 0 Å². The van der Waals surface area contributed by atoms with Gasteiger partial charge >= 0.3 is 0 Å². The van der Waals surface area contributed by atoms with Crippen molar-refractivity contribution in [3.63, 3.8) is 0 Å². The molecule has 1 aromatic carbocycles. The number of halogens is 1. The number of nitrogens with zero attached hydrogens (tertiary/aromatic N) is 3. The van der Waals surface area contributed by atoms with Crippen molar-refractivity contribution in [3.05, 3.63) is 47.5 Å². The largest absolute Gasteiger partial charge is 0.366 e. The molecule has 0 bridgehead atoms. The summed E-state index contributed by atoms with van der Waals surface area (Å²) >= 11 is 0. The maximum absolute atomic E-state index is 14.6. The Balaban J connectivity index is 1.55. The highest BCUT2D eigenvalue weighted by atomic mass is 32.2. The molecule has 5 nitrogen and oxygen atoms in total. The fourth-order valence-corrected chi connectivity index (χ4v) is 5.04. The van der Waals surface area contributed by atoms with Crippen molar-refractivity contribution < 1.29 is 12.8 Å². The highest BCUT2D eigenvalue weighted by molar-refractivity contribution is 7.90. The third-order valence-electron chi connectivity index (χ3n) is 5.67. The van der Waals surface area contributed by atoms with Crippen LogP contribution in [0.4, 0.5) is 10.1 Å². The fourth-order valence-electron chi connectivity index (χ4n) is 4.52. The summed E-state index contributed by atoms with van der Waals surface area (Å²) in [4.78, 5) is 2.25. The summed E-state index contributed by atoms with van der Waals surface area (Å²) in [6.45, 7) is 1.86. The van der Waals surface area contributed by atoms with E-state index in [1.54, 1.807) is 23.0 Å². The zero-order chi connectivity index (χ0) is 18.4. The van der Waals surface area contributed by atoms with Crippen LogP contribution in [-0.2, 0) is 28.3 Å². The van der Waals surface area contributed by atoms with Crippen molar-refractivity contribution in [2.45, 2.75) is 44.2 Å². The summed E-state index contributed by atoms with van der Waals surface area (Å²) in [6, 6.07) is 5.37. The summed E-state index contributed by atoms with van der Waals surface area (Å²) in [7, 11) is -3.01. The van der Waals surface area contributed by atoms with Crippen molar-refractivity contribution in [1.82, 2.24) is 9.78 Å². The topological polar surface area (TPSA) is 55.2 Å². The molecular weight excluding hydrogens is 353 g/mol. The lowest BCUT2D eigenvalue weighted by molar-refractivity contribution is 0.443. The first-order valence-corrected chi connectivity index (χ1v) is 11.2. The fraction of sp³-hybridized carbons (Fsp3) is 0.526. The predicted octanol–water partition coefficient (Wildman–Crippen LogP) is 2.90. The molecule has 2 aliphatic rings. The van der Waals surface area contributed by atoms with E-state index < -0.39 is 9.84 Å². The average molecular weight is 377 g/mol. The summed E-state index contributed by atoms with van der Waals surface area (Å²) in [5.74, 6) is -0.00891. The molecule has 0 amide bonds. The maximum Gasteiger partial charge on any atom is 0.149 e. The van der Waals surface area contributed by atoms with Crippen molar-refractivity contribution in [1.29, 1.82) is 0 Å². The molecule has 0 radical (unpaired) electrons. The van der Waals surface area contributed by atoms with Gasteiger partial charge in [-0.3, -0.25) is 4.68 Å². The second-order valence-corrected chi connectivity index (χ2v) is 9.98. The second kappa shape index (κ2) is 6.37. The normalized spacial score (nSPS) is 18.6. The minimum Gasteiger partial charge on any atom is -0.366 e. The van der Waals surface area contributed by atoms with Crippen molar-refractivity contribution in [2.24, 2.45) is 0 Å². The number of hydrogen-bond acceptors (Lipinski definition) is 4. The molecule has 7 heteroatoms. The van der Waals surface area contributed by atoms with Gasteiger partial charge in [0.2, 0.25) is 0 Å². The van der Waals surface area contributed by atoms with Gasteiger partial charge in [0.15, 0.2) is 0 Å². The van der Waals surface area contributed by atoms with Crippen LogP contribution in [0.5, 0.6) is 0 Å². The SMILES string of the molecule is CS(=O)(=O)CCn1cc(CN2CC3(CCCC3)c3c(F)cccc32)cn1. The Morgan fingerprint density at radius 1 is 1.27 bits per heavy atom. The zero-order valence-corrected chi connectivity index (χ0v) is 15.8. The number of aryl methyl sites for hydroxylation is 1. The van der Waals surface area contributed by atoms with Crippen LogP contribution in [0.25, 0.3) is 0 Å². The Hall–Kier alpha value is -1.89. The molecule has 4 rings (SSSR count). The molecule has 2 heterocycles. The minimum atomic E-state index is -3.01. The van der Waals surface area contributed by atoms with Crippen LogP contribution < -0.4 is 4.90 Å². The Bertz CT molecular complexity index is 917. The highest BCUT2D eigenvalue weighted by Gasteiger charge is 2.46. The summed E-state index contributed by atoms with van der Waals surface area (Å²) in [6.07, 6.45) is 9.31. The number of benzene rings is 1.